The fraction of sp³-hybridized carbons (Fsp3) is 0.500. The maximum atomic E-state index is 13.0. The SMILES string of the molecule is CCOC(=O)CC(CC)Cc1cccc(F)c1. The maximum Gasteiger partial charge on any atom is 0.306 e. The van der Waals surface area contributed by atoms with E-state index in [-0.39, 0.29) is 17.7 Å². The number of rotatable bonds is 6. The van der Waals surface area contributed by atoms with Gasteiger partial charge in [-0.25, -0.2) is 4.39 Å². The number of halogens is 1. The summed E-state index contributed by atoms with van der Waals surface area (Å²) in [5.74, 6) is -0.180. The number of carbonyl (C=O) groups is 1. The third-order valence-electron chi connectivity index (χ3n) is 2.75. The highest BCUT2D eigenvalue weighted by molar-refractivity contribution is 5.69. The molecule has 3 heteroatoms. The molecule has 2 nitrogen and oxygen atoms in total. The zero-order chi connectivity index (χ0) is 12.7. The lowest BCUT2D eigenvalue weighted by Crippen LogP contribution is -2.13. The fourth-order valence-electron chi connectivity index (χ4n) is 1.81. The van der Waals surface area contributed by atoms with Crippen molar-refractivity contribution < 1.29 is 13.9 Å². The number of ether oxygens (including phenoxy) is 1. The average molecular weight is 238 g/mol. The van der Waals surface area contributed by atoms with Gasteiger partial charge in [0.1, 0.15) is 5.82 Å². The maximum absolute atomic E-state index is 13.0. The highest BCUT2D eigenvalue weighted by Gasteiger charge is 2.13. The fourth-order valence-corrected chi connectivity index (χ4v) is 1.81. The van der Waals surface area contributed by atoms with Gasteiger partial charge in [0, 0.05) is 6.42 Å². The monoisotopic (exact) mass is 238 g/mol. The van der Waals surface area contributed by atoms with Gasteiger partial charge >= 0.3 is 5.97 Å². The summed E-state index contributed by atoms with van der Waals surface area (Å²) in [6, 6.07) is 6.53. The summed E-state index contributed by atoms with van der Waals surface area (Å²) in [4.78, 5) is 11.4. The van der Waals surface area contributed by atoms with Gasteiger partial charge in [0.05, 0.1) is 6.61 Å². The van der Waals surface area contributed by atoms with E-state index < -0.39 is 0 Å². The smallest absolute Gasteiger partial charge is 0.306 e. The number of benzene rings is 1. The third kappa shape index (κ3) is 4.98. The van der Waals surface area contributed by atoms with E-state index in [0.717, 1.165) is 12.0 Å². The van der Waals surface area contributed by atoms with E-state index in [4.69, 9.17) is 4.74 Å². The molecule has 0 spiro atoms. The van der Waals surface area contributed by atoms with Crippen LogP contribution in [0.1, 0.15) is 32.3 Å². The molecular weight excluding hydrogens is 219 g/mol. The molecule has 0 heterocycles. The van der Waals surface area contributed by atoms with Crippen molar-refractivity contribution in [2.24, 2.45) is 5.92 Å². The minimum Gasteiger partial charge on any atom is -0.466 e. The van der Waals surface area contributed by atoms with Gasteiger partial charge in [-0.05, 0) is 37.0 Å². The van der Waals surface area contributed by atoms with Crippen LogP contribution in [0, 0.1) is 11.7 Å². The average Bonchev–Trinajstić information content (AvgIpc) is 2.28. The van der Waals surface area contributed by atoms with Gasteiger partial charge < -0.3 is 4.74 Å². The Morgan fingerprint density at radius 2 is 2.18 bits per heavy atom. The van der Waals surface area contributed by atoms with Gasteiger partial charge in [0.15, 0.2) is 0 Å². The van der Waals surface area contributed by atoms with E-state index in [1.807, 2.05) is 13.0 Å². The van der Waals surface area contributed by atoms with Crippen LogP contribution in [0.15, 0.2) is 24.3 Å². The lowest BCUT2D eigenvalue weighted by Gasteiger charge is -2.13. The van der Waals surface area contributed by atoms with E-state index in [1.165, 1.54) is 12.1 Å². The second-order valence-corrected chi connectivity index (χ2v) is 4.12. The van der Waals surface area contributed by atoms with Gasteiger partial charge in [0.25, 0.3) is 0 Å². The van der Waals surface area contributed by atoms with Gasteiger partial charge in [0.2, 0.25) is 0 Å². The first-order valence-electron chi connectivity index (χ1n) is 6.05. The largest absolute Gasteiger partial charge is 0.466 e. The molecule has 17 heavy (non-hydrogen) atoms. The van der Waals surface area contributed by atoms with Gasteiger partial charge in [-0.2, -0.15) is 0 Å². The minimum absolute atomic E-state index is 0.171. The van der Waals surface area contributed by atoms with Crippen LogP contribution in [-0.2, 0) is 16.0 Å². The highest BCUT2D eigenvalue weighted by atomic mass is 19.1. The van der Waals surface area contributed by atoms with Crippen LogP contribution in [0.2, 0.25) is 0 Å². The molecule has 0 aliphatic heterocycles. The van der Waals surface area contributed by atoms with Crippen LogP contribution < -0.4 is 0 Å². The van der Waals surface area contributed by atoms with E-state index >= 15 is 0 Å². The van der Waals surface area contributed by atoms with Gasteiger partial charge in [-0.15, -0.1) is 0 Å². The molecule has 0 aromatic heterocycles. The Kier molecular flexibility index (Phi) is 5.67. The van der Waals surface area contributed by atoms with Crippen LogP contribution in [0.4, 0.5) is 4.39 Å². The number of hydrogen-bond acceptors (Lipinski definition) is 2. The van der Waals surface area contributed by atoms with Crippen molar-refractivity contribution >= 4 is 5.97 Å². The number of esters is 1. The number of hydrogen-bond donors (Lipinski definition) is 0. The van der Waals surface area contributed by atoms with Crippen LogP contribution >= 0.6 is 0 Å². The van der Waals surface area contributed by atoms with Crippen molar-refractivity contribution in [1.29, 1.82) is 0 Å². The molecule has 1 rings (SSSR count). The molecule has 0 bridgehead atoms. The van der Waals surface area contributed by atoms with E-state index in [0.29, 0.717) is 19.4 Å². The molecular formula is C14H19FO2. The summed E-state index contributed by atoms with van der Waals surface area (Å²) in [5.41, 5.74) is 0.932. The van der Waals surface area contributed by atoms with Crippen molar-refractivity contribution in [3.05, 3.63) is 35.6 Å². The van der Waals surface area contributed by atoms with Crippen molar-refractivity contribution in [1.82, 2.24) is 0 Å². The Balaban J connectivity index is 2.54. The highest BCUT2D eigenvalue weighted by Crippen LogP contribution is 2.17. The van der Waals surface area contributed by atoms with E-state index in [9.17, 15) is 9.18 Å². The Bertz CT molecular complexity index is 363. The summed E-state index contributed by atoms with van der Waals surface area (Å²) in [7, 11) is 0. The molecule has 0 aliphatic rings. The Labute approximate surface area is 102 Å². The van der Waals surface area contributed by atoms with Gasteiger partial charge in [-0.3, -0.25) is 4.79 Å². The molecule has 0 fully saturated rings. The van der Waals surface area contributed by atoms with Crippen molar-refractivity contribution in [3.63, 3.8) is 0 Å². The molecule has 0 amide bonds. The molecule has 0 saturated carbocycles. The normalized spacial score (nSPS) is 12.2. The molecule has 0 saturated heterocycles. The Hall–Kier alpha value is -1.38. The molecule has 0 aliphatic carbocycles. The molecule has 1 atom stereocenters. The zero-order valence-corrected chi connectivity index (χ0v) is 10.4. The second-order valence-electron chi connectivity index (χ2n) is 4.12. The van der Waals surface area contributed by atoms with Gasteiger partial charge in [-0.1, -0.05) is 25.5 Å². The molecule has 94 valence electrons. The van der Waals surface area contributed by atoms with Crippen LogP contribution in [0.5, 0.6) is 0 Å². The standard InChI is InChI=1S/C14H19FO2/c1-3-11(10-14(16)17-4-2)8-12-6-5-7-13(15)9-12/h5-7,9,11H,3-4,8,10H2,1-2H3. The molecule has 0 radical (unpaired) electrons. The first-order valence-corrected chi connectivity index (χ1v) is 6.05. The minimum atomic E-state index is -0.228. The predicted octanol–water partition coefficient (Wildman–Crippen LogP) is 3.35. The van der Waals surface area contributed by atoms with E-state index in [2.05, 4.69) is 0 Å². The van der Waals surface area contributed by atoms with Crippen LogP contribution in [-0.4, -0.2) is 12.6 Å². The Morgan fingerprint density at radius 3 is 2.76 bits per heavy atom. The number of carbonyl (C=O) groups excluding carboxylic acids is 1. The first kappa shape index (κ1) is 13.7. The summed E-state index contributed by atoms with van der Waals surface area (Å²) in [6.45, 7) is 4.24. The lowest BCUT2D eigenvalue weighted by atomic mass is 9.94. The summed E-state index contributed by atoms with van der Waals surface area (Å²) in [6.07, 6.45) is 2.00. The summed E-state index contributed by atoms with van der Waals surface area (Å²) < 4.78 is 17.9. The zero-order valence-electron chi connectivity index (χ0n) is 10.4. The van der Waals surface area contributed by atoms with Crippen molar-refractivity contribution in [2.45, 2.75) is 33.1 Å². The summed E-state index contributed by atoms with van der Waals surface area (Å²) >= 11 is 0. The predicted molar refractivity (Wildman–Crippen MR) is 65.1 cm³/mol. The Morgan fingerprint density at radius 1 is 1.41 bits per heavy atom. The molecule has 1 aromatic rings. The second kappa shape index (κ2) is 7.05. The van der Waals surface area contributed by atoms with Crippen molar-refractivity contribution in [2.75, 3.05) is 6.61 Å². The third-order valence-corrected chi connectivity index (χ3v) is 2.75. The summed E-state index contributed by atoms with van der Waals surface area (Å²) in [5, 5.41) is 0. The lowest BCUT2D eigenvalue weighted by molar-refractivity contribution is -0.144. The van der Waals surface area contributed by atoms with E-state index in [1.54, 1.807) is 13.0 Å². The quantitative estimate of drug-likeness (QED) is 0.710. The molecule has 1 aromatic carbocycles. The van der Waals surface area contributed by atoms with Crippen LogP contribution in [0.3, 0.4) is 0 Å². The van der Waals surface area contributed by atoms with Crippen LogP contribution in [0.25, 0.3) is 0 Å². The molecule has 1 unspecified atom stereocenters. The first-order chi connectivity index (χ1) is 8.15. The molecule has 0 N–H and O–H groups in total. The van der Waals surface area contributed by atoms with Crippen molar-refractivity contribution in [3.8, 4) is 0 Å². The topological polar surface area (TPSA) is 26.3 Å².